The van der Waals surface area contributed by atoms with E-state index in [1.165, 1.54) is 30.3 Å². The number of rotatable bonds is 9. The highest BCUT2D eigenvalue weighted by Crippen LogP contribution is 2.29. The molecule has 0 atom stereocenters. The number of nitro groups is 1. The number of nitrogens with zero attached hydrogens (tertiary/aromatic N) is 4. The topological polar surface area (TPSA) is 145 Å². The average Bonchev–Trinajstić information content (AvgIpc) is 3.36. The highest BCUT2D eigenvalue weighted by Gasteiger charge is 2.28. The summed E-state index contributed by atoms with van der Waals surface area (Å²) in [5.41, 5.74) is 0.424. The number of hydrogen-bond donors (Lipinski definition) is 1. The molecule has 11 nitrogen and oxygen atoms in total. The van der Waals surface area contributed by atoms with Crippen molar-refractivity contribution >= 4 is 43.8 Å². The third-order valence-corrected chi connectivity index (χ3v) is 7.63. The summed E-state index contributed by atoms with van der Waals surface area (Å²) in [5.74, 6) is -0.0175. The fourth-order valence-electron chi connectivity index (χ4n) is 3.21. The minimum absolute atomic E-state index is 0.0283. The van der Waals surface area contributed by atoms with Crippen LogP contribution in [0.4, 0.5) is 16.5 Å². The van der Waals surface area contributed by atoms with Crippen molar-refractivity contribution in [3.05, 3.63) is 89.0 Å². The Morgan fingerprint density at radius 1 is 1.06 bits per heavy atom. The van der Waals surface area contributed by atoms with Crippen molar-refractivity contribution in [1.82, 2.24) is 10.2 Å². The SMILES string of the molecule is COc1ccc(-c2nnc(NC(=O)CN(c3cccc([N+](=O)[O-])c3)S(=O)(=O)c3ccccc3)s2)cc1. The first-order valence-electron chi connectivity index (χ1n) is 10.4. The van der Waals surface area contributed by atoms with Crippen LogP contribution in [0.25, 0.3) is 10.6 Å². The van der Waals surface area contributed by atoms with Gasteiger partial charge in [-0.3, -0.25) is 24.5 Å². The summed E-state index contributed by atoms with van der Waals surface area (Å²) < 4.78 is 32.7. The Hall–Kier alpha value is -4.36. The van der Waals surface area contributed by atoms with Gasteiger partial charge in [-0.2, -0.15) is 0 Å². The van der Waals surface area contributed by atoms with E-state index in [9.17, 15) is 23.3 Å². The highest BCUT2D eigenvalue weighted by atomic mass is 32.2. The number of non-ortho nitro benzene ring substituents is 1. The number of amides is 1. The molecule has 0 radical (unpaired) electrons. The standard InChI is InChI=1S/C23H19N5O6S2/c1-34-19-12-10-16(11-13-19)22-25-26-23(35-22)24-21(29)15-27(17-6-5-7-18(14-17)28(30)31)36(32,33)20-8-3-2-4-9-20/h2-14H,15H2,1H3,(H,24,26,29). The number of methoxy groups -OCH3 is 1. The Morgan fingerprint density at radius 2 is 1.78 bits per heavy atom. The fourth-order valence-corrected chi connectivity index (χ4v) is 5.41. The molecule has 0 saturated heterocycles. The third kappa shape index (κ3) is 5.47. The molecule has 36 heavy (non-hydrogen) atoms. The van der Waals surface area contributed by atoms with Gasteiger partial charge in [0, 0.05) is 17.7 Å². The minimum Gasteiger partial charge on any atom is -0.497 e. The van der Waals surface area contributed by atoms with Crippen LogP contribution < -0.4 is 14.4 Å². The number of nitrogens with one attached hydrogen (secondary N) is 1. The number of carbonyl (C=O) groups excluding carboxylic acids is 1. The molecule has 0 bridgehead atoms. The normalized spacial score (nSPS) is 11.0. The molecule has 4 aromatic rings. The van der Waals surface area contributed by atoms with Crippen LogP contribution in [0.3, 0.4) is 0 Å². The molecule has 0 aliphatic heterocycles. The van der Waals surface area contributed by atoms with Gasteiger partial charge < -0.3 is 4.74 Å². The Bertz CT molecular complexity index is 1490. The van der Waals surface area contributed by atoms with E-state index in [2.05, 4.69) is 15.5 Å². The maximum atomic E-state index is 13.4. The van der Waals surface area contributed by atoms with E-state index in [-0.39, 0.29) is 21.4 Å². The van der Waals surface area contributed by atoms with E-state index in [0.717, 1.165) is 27.3 Å². The van der Waals surface area contributed by atoms with Crippen LogP contribution in [0.2, 0.25) is 0 Å². The first-order chi connectivity index (χ1) is 17.3. The maximum absolute atomic E-state index is 13.4. The second kappa shape index (κ2) is 10.5. The van der Waals surface area contributed by atoms with Crippen LogP contribution in [0.5, 0.6) is 5.75 Å². The summed E-state index contributed by atoms with van der Waals surface area (Å²) in [5, 5.41) is 22.5. The average molecular weight is 526 g/mol. The van der Waals surface area contributed by atoms with Crippen molar-refractivity contribution in [2.75, 3.05) is 23.3 Å². The van der Waals surface area contributed by atoms with Crippen LogP contribution >= 0.6 is 11.3 Å². The summed E-state index contributed by atoms with van der Waals surface area (Å²) in [6, 6.07) is 19.7. The molecule has 1 heterocycles. The van der Waals surface area contributed by atoms with E-state index in [1.807, 2.05) is 0 Å². The van der Waals surface area contributed by atoms with Crippen LogP contribution in [-0.4, -0.2) is 43.1 Å². The largest absolute Gasteiger partial charge is 0.497 e. The lowest BCUT2D eigenvalue weighted by Crippen LogP contribution is -2.38. The van der Waals surface area contributed by atoms with Crippen molar-refractivity contribution < 1.29 is 22.9 Å². The lowest BCUT2D eigenvalue weighted by molar-refractivity contribution is -0.384. The fraction of sp³-hybridized carbons (Fsp3) is 0.0870. The molecular weight excluding hydrogens is 506 g/mol. The Labute approximate surface area is 210 Å². The molecule has 3 aromatic carbocycles. The van der Waals surface area contributed by atoms with Crippen LogP contribution in [0.15, 0.2) is 83.8 Å². The molecule has 0 aliphatic rings. The Kier molecular flexibility index (Phi) is 7.22. The maximum Gasteiger partial charge on any atom is 0.271 e. The second-order valence-electron chi connectivity index (χ2n) is 7.29. The molecule has 0 fully saturated rings. The number of ether oxygens (including phenoxy) is 1. The number of anilines is 2. The van der Waals surface area contributed by atoms with Crippen LogP contribution in [-0.2, 0) is 14.8 Å². The molecule has 0 saturated carbocycles. The first kappa shape index (κ1) is 24.8. The molecule has 0 spiro atoms. The van der Waals surface area contributed by atoms with E-state index in [1.54, 1.807) is 49.6 Å². The molecule has 0 unspecified atom stereocenters. The molecule has 13 heteroatoms. The Balaban J connectivity index is 1.59. The van der Waals surface area contributed by atoms with Gasteiger partial charge in [-0.1, -0.05) is 35.6 Å². The van der Waals surface area contributed by atoms with Crippen molar-refractivity contribution in [1.29, 1.82) is 0 Å². The molecule has 4 rings (SSSR count). The van der Waals surface area contributed by atoms with Gasteiger partial charge in [0.15, 0.2) is 0 Å². The van der Waals surface area contributed by atoms with E-state index in [0.29, 0.717) is 10.8 Å². The monoisotopic (exact) mass is 525 g/mol. The molecule has 1 aromatic heterocycles. The van der Waals surface area contributed by atoms with E-state index in [4.69, 9.17) is 4.74 Å². The predicted octanol–water partition coefficient (Wildman–Crippen LogP) is 3.96. The molecular formula is C23H19N5O6S2. The van der Waals surface area contributed by atoms with Gasteiger partial charge in [0.2, 0.25) is 11.0 Å². The van der Waals surface area contributed by atoms with Gasteiger partial charge in [0.25, 0.3) is 15.7 Å². The number of carbonyl (C=O) groups is 1. The van der Waals surface area contributed by atoms with Crippen molar-refractivity contribution in [2.24, 2.45) is 0 Å². The van der Waals surface area contributed by atoms with Crippen molar-refractivity contribution in [3.8, 4) is 16.3 Å². The predicted molar refractivity (Wildman–Crippen MR) is 135 cm³/mol. The van der Waals surface area contributed by atoms with Gasteiger partial charge in [0.1, 0.15) is 17.3 Å². The summed E-state index contributed by atoms with van der Waals surface area (Å²) in [7, 11) is -2.66. The summed E-state index contributed by atoms with van der Waals surface area (Å²) in [4.78, 5) is 23.4. The Morgan fingerprint density at radius 3 is 2.44 bits per heavy atom. The molecule has 0 aliphatic carbocycles. The van der Waals surface area contributed by atoms with Gasteiger partial charge in [-0.25, -0.2) is 8.42 Å². The summed E-state index contributed by atoms with van der Waals surface area (Å²) in [6.45, 7) is -0.643. The molecule has 184 valence electrons. The number of nitro benzene ring substituents is 1. The van der Waals surface area contributed by atoms with Crippen LogP contribution in [0, 0.1) is 10.1 Å². The van der Waals surface area contributed by atoms with Crippen molar-refractivity contribution in [3.63, 3.8) is 0 Å². The number of hydrogen-bond acceptors (Lipinski definition) is 9. The van der Waals surface area contributed by atoms with Gasteiger partial charge >= 0.3 is 0 Å². The van der Waals surface area contributed by atoms with Gasteiger partial charge in [-0.15, -0.1) is 10.2 Å². The lowest BCUT2D eigenvalue weighted by atomic mass is 10.2. The number of aromatic nitrogens is 2. The quantitative estimate of drug-likeness (QED) is 0.255. The summed E-state index contributed by atoms with van der Waals surface area (Å²) in [6.07, 6.45) is 0. The highest BCUT2D eigenvalue weighted by molar-refractivity contribution is 7.92. The van der Waals surface area contributed by atoms with Crippen molar-refractivity contribution in [2.45, 2.75) is 4.90 Å². The van der Waals surface area contributed by atoms with E-state index >= 15 is 0 Å². The lowest BCUT2D eigenvalue weighted by Gasteiger charge is -2.23. The number of benzene rings is 3. The van der Waals surface area contributed by atoms with E-state index < -0.39 is 27.4 Å². The second-order valence-corrected chi connectivity index (χ2v) is 10.1. The summed E-state index contributed by atoms with van der Waals surface area (Å²) >= 11 is 1.11. The zero-order valence-electron chi connectivity index (χ0n) is 18.8. The minimum atomic E-state index is -4.22. The molecule has 1 amide bonds. The smallest absolute Gasteiger partial charge is 0.271 e. The van der Waals surface area contributed by atoms with Gasteiger partial charge in [0.05, 0.1) is 22.6 Å². The number of sulfonamides is 1. The molecule has 1 N–H and O–H groups in total. The van der Waals surface area contributed by atoms with Gasteiger partial charge in [-0.05, 0) is 42.5 Å². The zero-order valence-corrected chi connectivity index (χ0v) is 20.4. The first-order valence-corrected chi connectivity index (χ1v) is 12.6. The zero-order chi connectivity index (χ0) is 25.7. The third-order valence-electron chi connectivity index (χ3n) is 4.96. The van der Waals surface area contributed by atoms with Crippen LogP contribution in [0.1, 0.15) is 0 Å².